The molecule has 1 aromatic carbocycles. The van der Waals surface area contributed by atoms with Crippen molar-refractivity contribution in [2.45, 2.75) is 13.0 Å². The number of carbonyl (C=O) groups excluding carboxylic acids is 1. The molecule has 1 amide bonds. The Morgan fingerprint density at radius 2 is 2.11 bits per heavy atom. The number of amides is 1. The third kappa shape index (κ3) is 2.10. The Labute approximate surface area is 121 Å². The standard InChI is InChI=1S/C13H13Cl2N3O/c1-8-7-17(9-2-3-10(14)11(15)6-9)13(19)12-4-5-16-18(8)12/h2-4,6,8,16H,5,7H2,1H3. The highest BCUT2D eigenvalue weighted by molar-refractivity contribution is 6.42. The van der Waals surface area contributed by atoms with Crippen LogP contribution in [0.15, 0.2) is 30.0 Å². The smallest absolute Gasteiger partial charge is 0.275 e. The Balaban J connectivity index is 1.96. The van der Waals surface area contributed by atoms with Gasteiger partial charge in [-0.1, -0.05) is 23.2 Å². The van der Waals surface area contributed by atoms with E-state index in [4.69, 9.17) is 23.2 Å². The predicted octanol–water partition coefficient (Wildman–Crippen LogP) is 2.43. The van der Waals surface area contributed by atoms with Gasteiger partial charge in [-0.25, -0.2) is 5.43 Å². The van der Waals surface area contributed by atoms with Gasteiger partial charge >= 0.3 is 0 Å². The zero-order valence-corrected chi connectivity index (χ0v) is 11.9. The molecule has 1 unspecified atom stereocenters. The average Bonchev–Trinajstić information content (AvgIpc) is 2.87. The minimum atomic E-state index is -0.0125. The Kier molecular flexibility index (Phi) is 3.17. The SMILES string of the molecule is CC1CN(c2ccc(Cl)c(Cl)c2)C(=O)C2=CCNN21. The lowest BCUT2D eigenvalue weighted by Gasteiger charge is -2.39. The summed E-state index contributed by atoms with van der Waals surface area (Å²) in [6.07, 6.45) is 1.91. The first-order valence-electron chi connectivity index (χ1n) is 6.08. The van der Waals surface area contributed by atoms with Crippen LogP contribution in [0.1, 0.15) is 6.92 Å². The number of anilines is 1. The van der Waals surface area contributed by atoms with E-state index in [1.54, 1.807) is 17.0 Å². The van der Waals surface area contributed by atoms with Crippen molar-refractivity contribution in [3.8, 4) is 0 Å². The summed E-state index contributed by atoms with van der Waals surface area (Å²) in [6.45, 7) is 3.38. The Morgan fingerprint density at radius 1 is 1.32 bits per heavy atom. The number of hydrazine groups is 1. The monoisotopic (exact) mass is 297 g/mol. The van der Waals surface area contributed by atoms with Crippen molar-refractivity contribution in [2.24, 2.45) is 0 Å². The zero-order chi connectivity index (χ0) is 13.6. The van der Waals surface area contributed by atoms with Crippen LogP contribution in [-0.2, 0) is 4.79 Å². The lowest BCUT2D eigenvalue weighted by Crippen LogP contribution is -2.55. The van der Waals surface area contributed by atoms with Crippen LogP contribution in [0, 0.1) is 0 Å². The first-order chi connectivity index (χ1) is 9.08. The van der Waals surface area contributed by atoms with Gasteiger partial charge in [0.1, 0.15) is 5.70 Å². The summed E-state index contributed by atoms with van der Waals surface area (Å²) < 4.78 is 0. The van der Waals surface area contributed by atoms with Crippen LogP contribution >= 0.6 is 23.2 Å². The topological polar surface area (TPSA) is 35.6 Å². The van der Waals surface area contributed by atoms with Gasteiger partial charge in [-0.05, 0) is 31.2 Å². The molecule has 2 aliphatic rings. The second-order valence-electron chi connectivity index (χ2n) is 4.68. The molecule has 2 heterocycles. The van der Waals surface area contributed by atoms with Crippen molar-refractivity contribution in [1.82, 2.24) is 10.4 Å². The summed E-state index contributed by atoms with van der Waals surface area (Å²) in [5, 5.41) is 2.88. The zero-order valence-electron chi connectivity index (χ0n) is 10.4. The van der Waals surface area contributed by atoms with Crippen LogP contribution in [0.5, 0.6) is 0 Å². The molecule has 2 aliphatic heterocycles. The summed E-state index contributed by atoms with van der Waals surface area (Å²) in [6, 6.07) is 5.47. The van der Waals surface area contributed by atoms with Crippen LogP contribution in [0.25, 0.3) is 0 Å². The molecule has 0 radical (unpaired) electrons. The minimum Gasteiger partial charge on any atom is -0.305 e. The number of hydrogen-bond acceptors (Lipinski definition) is 3. The molecule has 1 N–H and O–H groups in total. The number of piperazine rings is 1. The van der Waals surface area contributed by atoms with Crippen LogP contribution in [0.4, 0.5) is 5.69 Å². The maximum Gasteiger partial charge on any atom is 0.275 e. The van der Waals surface area contributed by atoms with E-state index in [9.17, 15) is 4.79 Å². The number of hydrogen-bond donors (Lipinski definition) is 1. The Hall–Kier alpha value is -1.23. The van der Waals surface area contributed by atoms with Gasteiger partial charge in [0.15, 0.2) is 0 Å². The third-order valence-electron chi connectivity index (χ3n) is 3.38. The molecule has 1 aromatic rings. The van der Waals surface area contributed by atoms with Gasteiger partial charge in [-0.2, -0.15) is 0 Å². The van der Waals surface area contributed by atoms with Gasteiger partial charge in [0.2, 0.25) is 0 Å². The number of halogens is 2. The first kappa shape index (κ1) is 12.8. The van der Waals surface area contributed by atoms with Crippen molar-refractivity contribution < 1.29 is 4.79 Å². The van der Waals surface area contributed by atoms with E-state index in [-0.39, 0.29) is 11.9 Å². The highest BCUT2D eigenvalue weighted by Gasteiger charge is 2.36. The maximum absolute atomic E-state index is 12.4. The highest BCUT2D eigenvalue weighted by Crippen LogP contribution is 2.31. The molecular formula is C13H13Cl2N3O. The number of carbonyl (C=O) groups is 1. The number of nitrogens with one attached hydrogen (secondary N) is 1. The summed E-state index contributed by atoms with van der Waals surface area (Å²) >= 11 is 11.9. The van der Waals surface area contributed by atoms with Crippen molar-refractivity contribution in [3.63, 3.8) is 0 Å². The largest absolute Gasteiger partial charge is 0.305 e. The first-order valence-corrected chi connectivity index (χ1v) is 6.83. The van der Waals surface area contributed by atoms with Crippen LogP contribution < -0.4 is 10.3 Å². The van der Waals surface area contributed by atoms with E-state index in [0.29, 0.717) is 28.8 Å². The second kappa shape index (κ2) is 4.71. The van der Waals surface area contributed by atoms with E-state index < -0.39 is 0 Å². The predicted molar refractivity (Wildman–Crippen MR) is 76.2 cm³/mol. The lowest BCUT2D eigenvalue weighted by molar-refractivity contribution is -0.118. The lowest BCUT2D eigenvalue weighted by atomic mass is 10.1. The number of nitrogens with zero attached hydrogens (tertiary/aromatic N) is 2. The van der Waals surface area contributed by atoms with Crippen molar-refractivity contribution in [3.05, 3.63) is 40.0 Å². The average molecular weight is 298 g/mol. The van der Waals surface area contributed by atoms with E-state index in [2.05, 4.69) is 12.3 Å². The van der Waals surface area contributed by atoms with E-state index >= 15 is 0 Å². The highest BCUT2D eigenvalue weighted by atomic mass is 35.5. The summed E-state index contributed by atoms with van der Waals surface area (Å²) in [4.78, 5) is 14.2. The number of benzene rings is 1. The van der Waals surface area contributed by atoms with E-state index in [1.165, 1.54) is 0 Å². The molecule has 4 nitrogen and oxygen atoms in total. The van der Waals surface area contributed by atoms with Gasteiger partial charge in [-0.15, -0.1) is 0 Å². The molecule has 1 saturated heterocycles. The summed E-state index contributed by atoms with van der Waals surface area (Å²) in [5.41, 5.74) is 4.65. The molecule has 0 saturated carbocycles. The summed E-state index contributed by atoms with van der Waals surface area (Å²) in [5.74, 6) is -0.0125. The third-order valence-corrected chi connectivity index (χ3v) is 4.12. The second-order valence-corrected chi connectivity index (χ2v) is 5.50. The van der Waals surface area contributed by atoms with Crippen LogP contribution in [-0.4, -0.2) is 30.0 Å². The van der Waals surface area contributed by atoms with E-state index in [1.807, 2.05) is 17.2 Å². The molecule has 0 spiro atoms. The molecule has 19 heavy (non-hydrogen) atoms. The fourth-order valence-electron chi connectivity index (χ4n) is 2.45. The van der Waals surface area contributed by atoms with Gasteiger partial charge in [0, 0.05) is 18.8 Å². The quantitative estimate of drug-likeness (QED) is 0.865. The summed E-state index contributed by atoms with van der Waals surface area (Å²) in [7, 11) is 0. The van der Waals surface area contributed by atoms with Gasteiger partial charge in [0.05, 0.1) is 16.1 Å². The van der Waals surface area contributed by atoms with Crippen molar-refractivity contribution >= 4 is 34.8 Å². The molecule has 3 rings (SSSR count). The van der Waals surface area contributed by atoms with Crippen molar-refractivity contribution in [2.75, 3.05) is 18.0 Å². The maximum atomic E-state index is 12.4. The minimum absolute atomic E-state index is 0.0125. The fourth-order valence-corrected chi connectivity index (χ4v) is 2.74. The van der Waals surface area contributed by atoms with Gasteiger partial charge in [-0.3, -0.25) is 9.80 Å². The molecule has 0 bridgehead atoms. The van der Waals surface area contributed by atoms with Crippen LogP contribution in [0.3, 0.4) is 0 Å². The Morgan fingerprint density at radius 3 is 2.84 bits per heavy atom. The number of fused-ring (bicyclic) bond motifs is 1. The number of rotatable bonds is 1. The van der Waals surface area contributed by atoms with Crippen molar-refractivity contribution in [1.29, 1.82) is 0 Å². The molecule has 6 heteroatoms. The van der Waals surface area contributed by atoms with Crippen LogP contribution in [0.2, 0.25) is 10.0 Å². The Bertz CT molecular complexity index is 573. The molecule has 0 aromatic heterocycles. The fraction of sp³-hybridized carbons (Fsp3) is 0.308. The molecule has 100 valence electrons. The molecular weight excluding hydrogens is 285 g/mol. The van der Waals surface area contributed by atoms with Gasteiger partial charge in [0.25, 0.3) is 5.91 Å². The molecule has 0 aliphatic carbocycles. The van der Waals surface area contributed by atoms with E-state index in [0.717, 1.165) is 5.69 Å². The molecule has 1 atom stereocenters. The normalized spacial score (nSPS) is 22.6. The molecule has 1 fully saturated rings. The van der Waals surface area contributed by atoms with Gasteiger partial charge < -0.3 is 4.90 Å².